The van der Waals surface area contributed by atoms with E-state index >= 15 is 0 Å². The Morgan fingerprint density at radius 1 is 0.800 bits per heavy atom. The molecular weight excluding hydrogens is 318 g/mol. The first kappa shape index (κ1) is 37.8. The van der Waals surface area contributed by atoms with Gasteiger partial charge in [-0.25, -0.2) is 0 Å². The molecule has 0 aromatic heterocycles. The third kappa shape index (κ3) is 32.0. The largest absolute Gasteiger partial charge is 1.00 e. The first-order valence-corrected chi connectivity index (χ1v) is 3.77. The van der Waals surface area contributed by atoms with Crippen molar-refractivity contribution < 1.29 is 158 Å². The van der Waals surface area contributed by atoms with Crippen molar-refractivity contribution in [1.29, 1.82) is 0 Å². The maximum Gasteiger partial charge on any atom is 1.00 e. The van der Waals surface area contributed by atoms with Crippen LogP contribution in [0.5, 0.6) is 0 Å². The number of hydrogen-bond donors (Lipinski definition) is 1. The normalized spacial score (nSPS) is 8.45. The maximum absolute atomic E-state index is 9.86. The van der Waals surface area contributed by atoms with E-state index in [-0.39, 0.29) is 131 Å². The van der Waals surface area contributed by atoms with Crippen LogP contribution in [-0.4, -0.2) is 29.9 Å². The zero-order chi connectivity index (χ0) is 13.3. The van der Waals surface area contributed by atoms with Crippen LogP contribution in [-0.2, 0) is 19.2 Å². The molecule has 0 radical (unpaired) electrons. The minimum Gasteiger partial charge on any atom is -0.550 e. The molecule has 0 rings (SSSR count). The molecular formula is C7H7NNa4O8. The molecule has 0 bridgehead atoms. The second-order valence-electron chi connectivity index (χ2n) is 2.41. The van der Waals surface area contributed by atoms with Gasteiger partial charge >= 0.3 is 118 Å². The molecule has 0 fully saturated rings. The summed E-state index contributed by atoms with van der Waals surface area (Å²) < 4.78 is 0. The van der Waals surface area contributed by atoms with Gasteiger partial charge in [0.05, 0.1) is 17.9 Å². The second-order valence-corrected chi connectivity index (χ2v) is 2.41. The van der Waals surface area contributed by atoms with Crippen molar-refractivity contribution in [2.45, 2.75) is 18.9 Å². The molecule has 0 saturated carbocycles. The molecule has 2 N–H and O–H groups in total. The van der Waals surface area contributed by atoms with Crippen LogP contribution in [0.1, 0.15) is 12.8 Å². The molecule has 13 heteroatoms. The van der Waals surface area contributed by atoms with Gasteiger partial charge in [0, 0.05) is 12.0 Å². The summed E-state index contributed by atoms with van der Waals surface area (Å²) in [6, 6.07) is -1.21. The van der Waals surface area contributed by atoms with E-state index in [4.69, 9.17) is 25.5 Å². The number of nitrogens with two attached hydrogens (primary N) is 1. The molecule has 92 valence electrons. The quantitative estimate of drug-likeness (QED) is 0.386. The van der Waals surface area contributed by atoms with E-state index < -0.39 is 29.9 Å². The molecule has 0 aliphatic heterocycles. The average molecular weight is 325 g/mol. The molecule has 9 nitrogen and oxygen atoms in total. The van der Waals surface area contributed by atoms with Crippen LogP contribution < -0.4 is 144 Å². The molecule has 0 aromatic carbocycles. The van der Waals surface area contributed by atoms with Crippen molar-refractivity contribution in [2.24, 2.45) is 5.73 Å². The van der Waals surface area contributed by atoms with Gasteiger partial charge in [-0.3, -0.25) is 0 Å². The number of rotatable bonds is 4. The third-order valence-electron chi connectivity index (χ3n) is 1.13. The van der Waals surface area contributed by atoms with Crippen LogP contribution in [0.4, 0.5) is 0 Å². The predicted octanol–water partition coefficient (Wildman–Crippen LogP) is -18.9. The van der Waals surface area contributed by atoms with Gasteiger partial charge in [-0.1, -0.05) is 0 Å². The summed E-state index contributed by atoms with van der Waals surface area (Å²) >= 11 is 0. The van der Waals surface area contributed by atoms with E-state index in [9.17, 15) is 19.8 Å². The van der Waals surface area contributed by atoms with Crippen LogP contribution in [0.15, 0.2) is 0 Å². The fourth-order valence-corrected chi connectivity index (χ4v) is 0.391. The van der Waals surface area contributed by atoms with Gasteiger partial charge in [0.25, 0.3) is 0 Å². The summed E-state index contributed by atoms with van der Waals surface area (Å²) in [5.41, 5.74) is 4.91. The van der Waals surface area contributed by atoms with Crippen LogP contribution in [0.2, 0.25) is 0 Å². The number of carbonyl (C=O) groups excluding carboxylic acids is 4. The van der Waals surface area contributed by atoms with Gasteiger partial charge in [0.1, 0.15) is 0 Å². The molecule has 20 heavy (non-hydrogen) atoms. The molecule has 0 heterocycles. The van der Waals surface area contributed by atoms with Crippen LogP contribution in [0, 0.1) is 0 Å². The first-order valence-electron chi connectivity index (χ1n) is 3.77. The van der Waals surface area contributed by atoms with Crippen LogP contribution in [0.3, 0.4) is 0 Å². The molecule has 0 amide bonds. The Balaban J connectivity index is -0.0000000440. The first-order chi connectivity index (χ1) is 7.18. The Morgan fingerprint density at radius 2 is 1.10 bits per heavy atom. The zero-order valence-electron chi connectivity index (χ0n) is 11.8. The van der Waals surface area contributed by atoms with Crippen molar-refractivity contribution in [2.75, 3.05) is 0 Å². The summed E-state index contributed by atoms with van der Waals surface area (Å²) in [6.07, 6.45) is -0.500. The number of hydrogen-bond acceptors (Lipinski definition) is 9. The molecule has 0 saturated heterocycles. The Labute approximate surface area is 203 Å². The smallest absolute Gasteiger partial charge is 0.550 e. The van der Waals surface area contributed by atoms with Gasteiger partial charge in [-0.15, -0.1) is 0 Å². The second kappa shape index (κ2) is 23.1. The van der Waals surface area contributed by atoms with Gasteiger partial charge in [-0.05, 0) is 12.8 Å². The summed E-state index contributed by atoms with van der Waals surface area (Å²) in [6.45, 7) is 0. The molecule has 0 spiro atoms. The van der Waals surface area contributed by atoms with E-state index in [0.717, 1.165) is 0 Å². The fourth-order valence-electron chi connectivity index (χ4n) is 0.391. The van der Waals surface area contributed by atoms with Crippen LogP contribution in [0.25, 0.3) is 0 Å². The fraction of sp³-hybridized carbons (Fsp3) is 0.429. The molecule has 1 unspecified atom stereocenters. The topological polar surface area (TPSA) is 187 Å². The van der Waals surface area contributed by atoms with Crippen molar-refractivity contribution in [3.63, 3.8) is 0 Å². The predicted molar refractivity (Wildman–Crippen MR) is 37.2 cm³/mol. The van der Waals surface area contributed by atoms with E-state index in [1.54, 1.807) is 0 Å². The van der Waals surface area contributed by atoms with E-state index in [0.29, 0.717) is 0 Å². The van der Waals surface area contributed by atoms with Crippen LogP contribution >= 0.6 is 0 Å². The third-order valence-corrected chi connectivity index (χ3v) is 1.13. The monoisotopic (exact) mass is 325 g/mol. The Bertz CT molecular complexity index is 289. The maximum atomic E-state index is 9.86. The average Bonchev–Trinajstić information content (AvgIpc) is 2.14. The molecule has 0 aliphatic carbocycles. The summed E-state index contributed by atoms with van der Waals surface area (Å²) in [5.74, 6) is -7.12. The van der Waals surface area contributed by atoms with E-state index in [2.05, 4.69) is 0 Å². The summed E-state index contributed by atoms with van der Waals surface area (Å²) in [7, 11) is 0. The van der Waals surface area contributed by atoms with Gasteiger partial charge in [0.2, 0.25) is 0 Å². The van der Waals surface area contributed by atoms with Crippen molar-refractivity contribution in [3.8, 4) is 0 Å². The minimum absolute atomic E-state index is 0. The Morgan fingerprint density at radius 3 is 1.25 bits per heavy atom. The van der Waals surface area contributed by atoms with Crippen molar-refractivity contribution in [3.05, 3.63) is 0 Å². The zero-order valence-corrected chi connectivity index (χ0v) is 19.8. The van der Waals surface area contributed by atoms with Gasteiger partial charge < -0.3 is 45.3 Å². The van der Waals surface area contributed by atoms with E-state index in [1.165, 1.54) is 0 Å². The molecule has 0 aromatic rings. The number of aliphatic carboxylic acids is 4. The minimum atomic E-state index is -2.19. The Hall–Kier alpha value is 1.84. The standard InChI is InChI=1S/C5H9NO4.C2H2O4.4Na/c6-3(5(9)10)1-2-4(7)8;3-1(4)2(5)6;;;;/h3H,1-2,6H2,(H,7,8)(H,9,10);(H,3,4)(H,5,6);;;;/q;;4*+1/p-4. The van der Waals surface area contributed by atoms with Gasteiger partial charge in [0.15, 0.2) is 0 Å². The van der Waals surface area contributed by atoms with Crippen molar-refractivity contribution >= 4 is 23.9 Å². The molecule has 0 aliphatic rings. The number of carboxylic acid groups (broad SMARTS) is 4. The SMILES string of the molecule is NC(CCC(=O)[O-])C(=O)[O-].O=C([O-])C(=O)[O-].[Na+].[Na+].[Na+].[Na+]. The Kier molecular flexibility index (Phi) is 43.7. The summed E-state index contributed by atoms with van der Waals surface area (Å²) in [4.78, 5) is 37.5. The van der Waals surface area contributed by atoms with Crippen molar-refractivity contribution in [1.82, 2.24) is 0 Å². The molecule has 1 atom stereocenters. The summed E-state index contributed by atoms with van der Waals surface area (Å²) in [5, 5.41) is 37.5. The van der Waals surface area contributed by atoms with E-state index in [1.807, 2.05) is 0 Å². The van der Waals surface area contributed by atoms with Gasteiger partial charge in [-0.2, -0.15) is 0 Å². The number of carbonyl (C=O) groups is 4. The number of carboxylic acids is 4.